The Morgan fingerprint density at radius 3 is 2.62 bits per heavy atom. The molecule has 1 fully saturated rings. The number of thiophene rings is 1. The van der Waals surface area contributed by atoms with Crippen molar-refractivity contribution >= 4 is 33.3 Å². The molecule has 26 heavy (non-hydrogen) atoms. The second-order valence-electron chi connectivity index (χ2n) is 6.68. The van der Waals surface area contributed by atoms with Crippen LogP contribution in [0.5, 0.6) is 0 Å². The molecule has 134 valence electrons. The van der Waals surface area contributed by atoms with Gasteiger partial charge in [0.05, 0.1) is 11.3 Å². The summed E-state index contributed by atoms with van der Waals surface area (Å²) in [7, 11) is 0. The van der Waals surface area contributed by atoms with Gasteiger partial charge in [0.1, 0.15) is 17.0 Å². The molecule has 6 heteroatoms. The van der Waals surface area contributed by atoms with E-state index in [0.29, 0.717) is 25.9 Å². The summed E-state index contributed by atoms with van der Waals surface area (Å²) in [5.74, 6) is -0.00788. The van der Waals surface area contributed by atoms with Gasteiger partial charge in [-0.3, -0.25) is 4.79 Å². The molecule has 0 bridgehead atoms. The highest BCUT2D eigenvalue weighted by atomic mass is 32.1. The van der Waals surface area contributed by atoms with Crippen molar-refractivity contribution in [2.24, 2.45) is 5.92 Å². The van der Waals surface area contributed by atoms with Gasteiger partial charge in [-0.05, 0) is 30.4 Å². The summed E-state index contributed by atoms with van der Waals surface area (Å²) in [6, 6.07) is 8.66. The minimum absolute atomic E-state index is 0.243. The fourth-order valence-electron chi connectivity index (χ4n) is 3.57. The van der Waals surface area contributed by atoms with Gasteiger partial charge in [-0.1, -0.05) is 31.2 Å². The van der Waals surface area contributed by atoms with Crippen molar-refractivity contribution in [2.75, 3.05) is 18.0 Å². The van der Waals surface area contributed by atoms with Gasteiger partial charge in [0.2, 0.25) is 0 Å². The van der Waals surface area contributed by atoms with E-state index in [1.165, 1.54) is 11.1 Å². The molecule has 0 atom stereocenters. The number of rotatable bonds is 4. The van der Waals surface area contributed by atoms with Crippen molar-refractivity contribution in [1.82, 2.24) is 9.97 Å². The summed E-state index contributed by atoms with van der Waals surface area (Å²) in [5, 5.41) is 12.5. The summed E-state index contributed by atoms with van der Waals surface area (Å²) in [4.78, 5) is 23.4. The first-order chi connectivity index (χ1) is 12.7. The number of aliphatic carboxylic acids is 1. The van der Waals surface area contributed by atoms with Crippen LogP contribution in [0.3, 0.4) is 0 Å². The number of carboxylic acids is 1. The summed E-state index contributed by atoms with van der Waals surface area (Å²) in [6.45, 7) is 3.59. The maximum atomic E-state index is 11.2. The van der Waals surface area contributed by atoms with E-state index in [-0.39, 0.29) is 5.92 Å². The van der Waals surface area contributed by atoms with Gasteiger partial charge in [0.25, 0.3) is 0 Å². The first kappa shape index (κ1) is 17.0. The Balaban J connectivity index is 1.72. The van der Waals surface area contributed by atoms with Gasteiger partial charge in [0, 0.05) is 24.0 Å². The Morgan fingerprint density at radius 1 is 1.23 bits per heavy atom. The standard InChI is InChI=1S/C20H21N3O2S/c1-2-13-3-5-14(6-4-13)16-11-26-19-17(16)18(21-12-22-19)23-9-7-15(8-10-23)20(24)25/h3-6,11-12,15H,2,7-10H2,1H3,(H,24,25). The third-order valence-corrected chi connectivity index (χ3v) is 6.05. The number of aryl methyl sites for hydroxylation is 1. The van der Waals surface area contributed by atoms with Crippen molar-refractivity contribution in [3.8, 4) is 11.1 Å². The topological polar surface area (TPSA) is 66.3 Å². The number of fused-ring (bicyclic) bond motifs is 1. The average Bonchev–Trinajstić information content (AvgIpc) is 3.12. The van der Waals surface area contributed by atoms with Crippen LogP contribution in [0, 0.1) is 5.92 Å². The molecule has 0 aliphatic carbocycles. The third-order valence-electron chi connectivity index (χ3n) is 5.17. The molecule has 5 nitrogen and oxygen atoms in total. The first-order valence-electron chi connectivity index (χ1n) is 8.96. The molecule has 0 unspecified atom stereocenters. The number of carbonyl (C=O) groups is 1. The van der Waals surface area contributed by atoms with Gasteiger partial charge in [-0.15, -0.1) is 11.3 Å². The van der Waals surface area contributed by atoms with Crippen LogP contribution in [0.4, 0.5) is 5.82 Å². The fraction of sp³-hybridized carbons (Fsp3) is 0.350. The maximum Gasteiger partial charge on any atom is 0.306 e. The Hall–Kier alpha value is -2.47. The predicted octanol–water partition coefficient (Wildman–Crippen LogP) is 4.22. The highest BCUT2D eigenvalue weighted by Gasteiger charge is 2.27. The van der Waals surface area contributed by atoms with Crippen LogP contribution in [0.25, 0.3) is 21.3 Å². The lowest BCUT2D eigenvalue weighted by molar-refractivity contribution is -0.142. The first-order valence-corrected chi connectivity index (χ1v) is 9.84. The zero-order valence-electron chi connectivity index (χ0n) is 14.7. The molecule has 0 saturated carbocycles. The Morgan fingerprint density at radius 2 is 1.96 bits per heavy atom. The molecule has 1 aliphatic heterocycles. The van der Waals surface area contributed by atoms with Crippen molar-refractivity contribution in [3.05, 3.63) is 41.5 Å². The normalized spacial score (nSPS) is 15.5. The summed E-state index contributed by atoms with van der Waals surface area (Å²) in [5.41, 5.74) is 3.65. The number of anilines is 1. The maximum absolute atomic E-state index is 11.2. The van der Waals surface area contributed by atoms with E-state index in [9.17, 15) is 9.90 Å². The Bertz CT molecular complexity index is 928. The number of benzene rings is 1. The molecule has 0 spiro atoms. The zero-order chi connectivity index (χ0) is 18.1. The van der Waals surface area contributed by atoms with E-state index in [0.717, 1.165) is 28.0 Å². The quantitative estimate of drug-likeness (QED) is 0.748. The molecular formula is C20H21N3O2S. The average molecular weight is 367 g/mol. The predicted molar refractivity (Wildman–Crippen MR) is 105 cm³/mol. The lowest BCUT2D eigenvalue weighted by Crippen LogP contribution is -2.36. The second-order valence-corrected chi connectivity index (χ2v) is 7.53. The summed E-state index contributed by atoms with van der Waals surface area (Å²) < 4.78 is 0. The summed E-state index contributed by atoms with van der Waals surface area (Å²) in [6.07, 6.45) is 3.95. The number of hydrogen-bond donors (Lipinski definition) is 1. The molecule has 4 rings (SSSR count). The Kier molecular flexibility index (Phi) is 4.59. The lowest BCUT2D eigenvalue weighted by atomic mass is 9.96. The number of carboxylic acid groups (broad SMARTS) is 1. The van der Waals surface area contributed by atoms with Gasteiger partial charge >= 0.3 is 5.97 Å². The number of nitrogens with zero attached hydrogens (tertiary/aromatic N) is 3. The van der Waals surface area contributed by atoms with Crippen LogP contribution in [-0.2, 0) is 11.2 Å². The van der Waals surface area contributed by atoms with E-state index in [2.05, 4.69) is 51.4 Å². The van der Waals surface area contributed by atoms with Crippen LogP contribution in [0.2, 0.25) is 0 Å². The van der Waals surface area contributed by atoms with Crippen molar-refractivity contribution < 1.29 is 9.90 Å². The number of piperidine rings is 1. The molecule has 0 amide bonds. The molecule has 1 aromatic carbocycles. The van der Waals surface area contributed by atoms with E-state index in [4.69, 9.17) is 0 Å². The molecule has 1 saturated heterocycles. The molecule has 2 aromatic heterocycles. The Labute approximate surface area is 156 Å². The van der Waals surface area contributed by atoms with Crippen LogP contribution < -0.4 is 4.90 Å². The zero-order valence-corrected chi connectivity index (χ0v) is 15.5. The second kappa shape index (κ2) is 7.03. The van der Waals surface area contributed by atoms with Crippen LogP contribution in [0.15, 0.2) is 36.0 Å². The van der Waals surface area contributed by atoms with E-state index < -0.39 is 5.97 Å². The third kappa shape index (κ3) is 3.05. The van der Waals surface area contributed by atoms with Crippen LogP contribution >= 0.6 is 11.3 Å². The SMILES string of the molecule is CCc1ccc(-c2csc3ncnc(N4CCC(C(=O)O)CC4)c23)cc1. The minimum atomic E-state index is -0.690. The highest BCUT2D eigenvalue weighted by Crippen LogP contribution is 2.38. The molecule has 3 aromatic rings. The van der Waals surface area contributed by atoms with Gasteiger partial charge < -0.3 is 10.0 Å². The van der Waals surface area contributed by atoms with Crippen molar-refractivity contribution in [3.63, 3.8) is 0 Å². The highest BCUT2D eigenvalue weighted by molar-refractivity contribution is 7.17. The smallest absolute Gasteiger partial charge is 0.306 e. The largest absolute Gasteiger partial charge is 0.481 e. The van der Waals surface area contributed by atoms with Gasteiger partial charge in [0.15, 0.2) is 0 Å². The van der Waals surface area contributed by atoms with E-state index in [1.54, 1.807) is 17.7 Å². The van der Waals surface area contributed by atoms with Gasteiger partial charge in [-0.25, -0.2) is 9.97 Å². The molecule has 1 aliphatic rings. The minimum Gasteiger partial charge on any atom is -0.481 e. The molecule has 1 N–H and O–H groups in total. The van der Waals surface area contributed by atoms with Crippen LogP contribution in [-0.4, -0.2) is 34.1 Å². The molecule has 3 heterocycles. The van der Waals surface area contributed by atoms with Crippen LogP contribution in [0.1, 0.15) is 25.3 Å². The lowest BCUT2D eigenvalue weighted by Gasteiger charge is -2.31. The number of aromatic nitrogens is 2. The number of hydrogen-bond acceptors (Lipinski definition) is 5. The fourth-order valence-corrected chi connectivity index (χ4v) is 4.48. The van der Waals surface area contributed by atoms with Crippen molar-refractivity contribution in [1.29, 1.82) is 0 Å². The van der Waals surface area contributed by atoms with E-state index in [1.807, 2.05) is 0 Å². The monoisotopic (exact) mass is 367 g/mol. The van der Waals surface area contributed by atoms with Crippen molar-refractivity contribution in [2.45, 2.75) is 26.2 Å². The molecule has 0 radical (unpaired) electrons. The van der Waals surface area contributed by atoms with Gasteiger partial charge in [-0.2, -0.15) is 0 Å². The summed E-state index contributed by atoms with van der Waals surface area (Å²) >= 11 is 1.63. The van der Waals surface area contributed by atoms with E-state index >= 15 is 0 Å². The molecular weight excluding hydrogens is 346 g/mol.